The lowest BCUT2D eigenvalue weighted by atomic mass is 10.1. The molecule has 1 aromatic rings. The Kier molecular flexibility index (Phi) is 6.44. The van der Waals surface area contributed by atoms with Gasteiger partial charge in [0.2, 0.25) is 0 Å². The highest BCUT2D eigenvalue weighted by molar-refractivity contribution is 7.99. The number of amides is 2. The maximum Gasteiger partial charge on any atom is 0.321 e. The van der Waals surface area contributed by atoms with Gasteiger partial charge < -0.3 is 15.3 Å². The van der Waals surface area contributed by atoms with E-state index in [0.717, 1.165) is 42.6 Å². The summed E-state index contributed by atoms with van der Waals surface area (Å²) in [5.74, 6) is 1.46. The lowest BCUT2D eigenvalue weighted by Crippen LogP contribution is -2.33. The molecule has 24 heavy (non-hydrogen) atoms. The standard InChI is InChI=1S/C19H28N2O2S/c22-11-9-15-8-10-21(13-15)19(23)20-17-5-3-4-16(12-17)14-24-18-6-1-2-7-18/h3-5,12,15,18,22H,1-2,6-11,13-14H2,(H,20,23)/t15-/m0/s1. The number of nitrogens with zero attached hydrogens (tertiary/aromatic N) is 1. The van der Waals surface area contributed by atoms with Crippen molar-refractivity contribution in [2.75, 3.05) is 25.0 Å². The summed E-state index contributed by atoms with van der Waals surface area (Å²) in [6, 6.07) is 8.21. The van der Waals surface area contributed by atoms with E-state index in [9.17, 15) is 4.79 Å². The minimum absolute atomic E-state index is 0.0176. The lowest BCUT2D eigenvalue weighted by Gasteiger charge is -2.18. The van der Waals surface area contributed by atoms with Crippen LogP contribution in [0.15, 0.2) is 24.3 Å². The number of carbonyl (C=O) groups excluding carboxylic acids is 1. The molecule has 0 bridgehead atoms. The Balaban J connectivity index is 1.49. The zero-order chi connectivity index (χ0) is 16.8. The van der Waals surface area contributed by atoms with Gasteiger partial charge >= 0.3 is 6.03 Å². The summed E-state index contributed by atoms with van der Waals surface area (Å²) in [5, 5.41) is 12.9. The van der Waals surface area contributed by atoms with Gasteiger partial charge in [0.1, 0.15) is 0 Å². The Hall–Kier alpha value is -1.20. The molecular weight excluding hydrogens is 320 g/mol. The first-order chi connectivity index (χ1) is 11.7. The van der Waals surface area contributed by atoms with Gasteiger partial charge in [0, 0.05) is 36.4 Å². The fraction of sp³-hybridized carbons (Fsp3) is 0.632. The number of hydrogen-bond acceptors (Lipinski definition) is 3. The van der Waals surface area contributed by atoms with Crippen LogP contribution in [0.25, 0.3) is 0 Å². The van der Waals surface area contributed by atoms with E-state index in [0.29, 0.717) is 5.92 Å². The number of anilines is 1. The molecule has 2 fully saturated rings. The molecule has 0 aromatic heterocycles. The molecule has 0 radical (unpaired) electrons. The highest BCUT2D eigenvalue weighted by Crippen LogP contribution is 2.32. The number of urea groups is 1. The number of thioether (sulfide) groups is 1. The van der Waals surface area contributed by atoms with Gasteiger partial charge in [0.05, 0.1) is 0 Å². The molecular formula is C19H28N2O2S. The summed E-state index contributed by atoms with van der Waals surface area (Å²) in [7, 11) is 0. The van der Waals surface area contributed by atoms with E-state index in [1.807, 2.05) is 28.8 Å². The molecule has 1 aliphatic heterocycles. The van der Waals surface area contributed by atoms with Crippen molar-refractivity contribution in [3.8, 4) is 0 Å². The molecule has 1 aliphatic carbocycles. The number of likely N-dealkylation sites (tertiary alicyclic amines) is 1. The number of benzene rings is 1. The predicted molar refractivity (Wildman–Crippen MR) is 100 cm³/mol. The van der Waals surface area contributed by atoms with Crippen LogP contribution in [0.1, 0.15) is 44.1 Å². The topological polar surface area (TPSA) is 52.6 Å². The summed E-state index contributed by atoms with van der Waals surface area (Å²) in [6.45, 7) is 1.75. The first kappa shape index (κ1) is 17.6. The minimum atomic E-state index is -0.0176. The van der Waals surface area contributed by atoms with Crippen LogP contribution in [0, 0.1) is 5.92 Å². The van der Waals surface area contributed by atoms with Crippen molar-refractivity contribution in [2.24, 2.45) is 5.92 Å². The van der Waals surface area contributed by atoms with E-state index in [2.05, 4.69) is 17.4 Å². The molecule has 2 amide bonds. The quantitative estimate of drug-likeness (QED) is 0.814. The summed E-state index contributed by atoms with van der Waals surface area (Å²) < 4.78 is 0. The average molecular weight is 349 g/mol. The first-order valence-corrected chi connectivity index (χ1v) is 10.2. The van der Waals surface area contributed by atoms with E-state index in [4.69, 9.17) is 5.11 Å². The molecule has 1 heterocycles. The van der Waals surface area contributed by atoms with E-state index in [1.165, 1.54) is 31.2 Å². The predicted octanol–water partition coefficient (Wildman–Crippen LogP) is 4.10. The van der Waals surface area contributed by atoms with Gasteiger partial charge in [0.25, 0.3) is 0 Å². The normalized spacial score (nSPS) is 21.4. The average Bonchev–Trinajstić information content (AvgIpc) is 3.25. The van der Waals surface area contributed by atoms with Gasteiger partial charge in [-0.05, 0) is 49.3 Å². The second-order valence-corrected chi connectivity index (χ2v) is 8.25. The summed E-state index contributed by atoms with van der Waals surface area (Å²) >= 11 is 2.05. The van der Waals surface area contributed by atoms with Gasteiger partial charge in [-0.1, -0.05) is 25.0 Å². The number of nitrogens with one attached hydrogen (secondary N) is 1. The first-order valence-electron chi connectivity index (χ1n) is 9.12. The highest BCUT2D eigenvalue weighted by atomic mass is 32.2. The van der Waals surface area contributed by atoms with Crippen molar-refractivity contribution in [1.82, 2.24) is 4.90 Å². The summed E-state index contributed by atoms with van der Waals surface area (Å²) in [6.07, 6.45) is 7.24. The Labute approximate surface area is 149 Å². The summed E-state index contributed by atoms with van der Waals surface area (Å²) in [4.78, 5) is 14.3. The molecule has 2 aliphatic rings. The molecule has 1 aromatic carbocycles. The van der Waals surface area contributed by atoms with Gasteiger partial charge in [-0.15, -0.1) is 0 Å². The third-order valence-electron chi connectivity index (χ3n) is 5.08. The molecule has 1 saturated heterocycles. The number of aliphatic hydroxyl groups is 1. The molecule has 2 N–H and O–H groups in total. The smallest absolute Gasteiger partial charge is 0.321 e. The van der Waals surface area contributed by atoms with Crippen LogP contribution in [0.5, 0.6) is 0 Å². The van der Waals surface area contributed by atoms with Crippen molar-refractivity contribution >= 4 is 23.5 Å². The molecule has 1 saturated carbocycles. The number of carbonyl (C=O) groups is 1. The van der Waals surface area contributed by atoms with E-state index in [1.54, 1.807) is 0 Å². The van der Waals surface area contributed by atoms with Crippen LogP contribution in [-0.4, -0.2) is 41.0 Å². The fourth-order valence-electron chi connectivity index (χ4n) is 3.65. The third-order valence-corrected chi connectivity index (χ3v) is 6.52. The van der Waals surface area contributed by atoms with Crippen LogP contribution in [0.3, 0.4) is 0 Å². The SMILES string of the molecule is O=C(Nc1cccc(CSC2CCCC2)c1)N1CC[C@@H](CCO)C1. The monoisotopic (exact) mass is 348 g/mol. The van der Waals surface area contributed by atoms with Crippen LogP contribution in [-0.2, 0) is 5.75 Å². The third kappa shape index (κ3) is 4.90. The Morgan fingerprint density at radius 1 is 1.29 bits per heavy atom. The Bertz CT molecular complexity index is 546. The molecule has 132 valence electrons. The molecule has 5 heteroatoms. The van der Waals surface area contributed by atoms with Crippen molar-refractivity contribution in [1.29, 1.82) is 0 Å². The van der Waals surface area contributed by atoms with Crippen molar-refractivity contribution in [3.63, 3.8) is 0 Å². The Morgan fingerprint density at radius 2 is 2.12 bits per heavy atom. The van der Waals surface area contributed by atoms with E-state index in [-0.39, 0.29) is 12.6 Å². The maximum atomic E-state index is 12.4. The second-order valence-electron chi connectivity index (χ2n) is 6.96. The van der Waals surface area contributed by atoms with Gasteiger partial charge in [-0.3, -0.25) is 0 Å². The maximum absolute atomic E-state index is 12.4. The van der Waals surface area contributed by atoms with Crippen LogP contribution in [0.4, 0.5) is 10.5 Å². The highest BCUT2D eigenvalue weighted by Gasteiger charge is 2.25. The van der Waals surface area contributed by atoms with Gasteiger partial charge in [0.15, 0.2) is 0 Å². The van der Waals surface area contributed by atoms with Gasteiger partial charge in [-0.2, -0.15) is 11.8 Å². The van der Waals surface area contributed by atoms with Gasteiger partial charge in [-0.25, -0.2) is 4.79 Å². The van der Waals surface area contributed by atoms with Crippen molar-refractivity contribution in [2.45, 2.75) is 49.5 Å². The molecule has 0 spiro atoms. The Morgan fingerprint density at radius 3 is 2.92 bits per heavy atom. The second kappa shape index (κ2) is 8.77. The summed E-state index contributed by atoms with van der Waals surface area (Å²) in [5.41, 5.74) is 2.17. The molecule has 3 rings (SSSR count). The number of hydrogen-bond donors (Lipinski definition) is 2. The minimum Gasteiger partial charge on any atom is -0.396 e. The fourth-order valence-corrected chi connectivity index (χ4v) is 4.92. The van der Waals surface area contributed by atoms with Crippen molar-refractivity contribution in [3.05, 3.63) is 29.8 Å². The molecule has 1 atom stereocenters. The van der Waals surface area contributed by atoms with E-state index >= 15 is 0 Å². The largest absolute Gasteiger partial charge is 0.396 e. The lowest BCUT2D eigenvalue weighted by molar-refractivity contribution is 0.217. The number of aliphatic hydroxyl groups excluding tert-OH is 1. The van der Waals surface area contributed by atoms with Crippen molar-refractivity contribution < 1.29 is 9.90 Å². The number of rotatable bonds is 6. The molecule has 4 nitrogen and oxygen atoms in total. The van der Waals surface area contributed by atoms with Crippen LogP contribution >= 0.6 is 11.8 Å². The van der Waals surface area contributed by atoms with Crippen LogP contribution < -0.4 is 5.32 Å². The molecule has 0 unspecified atom stereocenters. The van der Waals surface area contributed by atoms with Crippen LogP contribution in [0.2, 0.25) is 0 Å². The zero-order valence-corrected chi connectivity index (χ0v) is 15.1. The van der Waals surface area contributed by atoms with E-state index < -0.39 is 0 Å². The zero-order valence-electron chi connectivity index (χ0n) is 14.2.